The van der Waals surface area contributed by atoms with Crippen molar-refractivity contribution in [3.8, 4) is 0 Å². The molecule has 114 valence electrons. The summed E-state index contributed by atoms with van der Waals surface area (Å²) in [7, 11) is 3.97. The Kier molecular flexibility index (Phi) is 4.22. The number of amidine groups is 1. The lowest BCUT2D eigenvalue weighted by atomic mass is 10.2. The Labute approximate surface area is 121 Å². The third-order valence-corrected chi connectivity index (χ3v) is 3.64. The van der Waals surface area contributed by atoms with E-state index in [1.807, 2.05) is 19.0 Å². The molecular formula is C12H18N6O3. The van der Waals surface area contributed by atoms with Crippen molar-refractivity contribution in [2.24, 2.45) is 10.9 Å². The van der Waals surface area contributed by atoms with Crippen LogP contribution < -0.4 is 10.6 Å². The molecule has 1 aromatic heterocycles. The monoisotopic (exact) mass is 294 g/mol. The minimum absolute atomic E-state index is 0.140. The van der Waals surface area contributed by atoms with Crippen LogP contribution in [0.5, 0.6) is 0 Å². The van der Waals surface area contributed by atoms with Crippen molar-refractivity contribution >= 4 is 17.3 Å². The number of rotatable bonds is 4. The molecule has 1 aliphatic rings. The topological polar surface area (TPSA) is 121 Å². The van der Waals surface area contributed by atoms with Crippen LogP contribution in [0.3, 0.4) is 0 Å². The number of nitrogens with two attached hydrogens (primary N) is 1. The minimum atomic E-state index is -0.501. The Morgan fingerprint density at radius 1 is 1.67 bits per heavy atom. The van der Waals surface area contributed by atoms with Crippen LogP contribution in [0.15, 0.2) is 17.4 Å². The number of nitro groups is 1. The van der Waals surface area contributed by atoms with Crippen molar-refractivity contribution in [1.29, 1.82) is 0 Å². The molecule has 0 amide bonds. The van der Waals surface area contributed by atoms with E-state index in [0.717, 1.165) is 6.42 Å². The second-order valence-electron chi connectivity index (χ2n) is 5.16. The van der Waals surface area contributed by atoms with Gasteiger partial charge in [0.1, 0.15) is 0 Å². The molecular weight excluding hydrogens is 276 g/mol. The summed E-state index contributed by atoms with van der Waals surface area (Å²) in [4.78, 5) is 18.9. The molecule has 9 heteroatoms. The Hall–Kier alpha value is -2.42. The van der Waals surface area contributed by atoms with Gasteiger partial charge in [0, 0.05) is 37.0 Å². The fraction of sp³-hybridized carbons (Fsp3) is 0.500. The standard InChI is InChI=1S/C12H18N6O3/c1-16(2)9-3-4-17(7-9)12-10(18(20)21)5-8(6-14-12)11(13)15-19/h5-6,9,19H,3-4,7H2,1-2H3,(H2,13,15). The van der Waals surface area contributed by atoms with Crippen molar-refractivity contribution in [2.75, 3.05) is 32.1 Å². The van der Waals surface area contributed by atoms with Crippen molar-refractivity contribution in [2.45, 2.75) is 12.5 Å². The SMILES string of the molecule is CN(C)C1CCN(c2ncc(C(N)=NO)cc2[N+](=O)[O-])C1. The van der Waals surface area contributed by atoms with E-state index in [2.05, 4.69) is 15.0 Å². The molecule has 2 heterocycles. The van der Waals surface area contributed by atoms with Crippen LogP contribution in [-0.4, -0.2) is 59.1 Å². The minimum Gasteiger partial charge on any atom is -0.409 e. The van der Waals surface area contributed by atoms with E-state index in [1.54, 1.807) is 0 Å². The van der Waals surface area contributed by atoms with E-state index in [0.29, 0.717) is 24.9 Å². The first-order valence-corrected chi connectivity index (χ1v) is 6.47. The van der Waals surface area contributed by atoms with Gasteiger partial charge in [-0.2, -0.15) is 0 Å². The second-order valence-corrected chi connectivity index (χ2v) is 5.16. The average Bonchev–Trinajstić information content (AvgIpc) is 2.95. The number of aromatic nitrogens is 1. The van der Waals surface area contributed by atoms with Crippen molar-refractivity contribution < 1.29 is 10.1 Å². The number of oxime groups is 1. The van der Waals surface area contributed by atoms with Crippen LogP contribution in [-0.2, 0) is 0 Å². The molecule has 0 aliphatic carbocycles. The summed E-state index contributed by atoms with van der Waals surface area (Å²) in [6.45, 7) is 1.39. The third-order valence-electron chi connectivity index (χ3n) is 3.64. The van der Waals surface area contributed by atoms with E-state index in [9.17, 15) is 10.1 Å². The summed E-state index contributed by atoms with van der Waals surface area (Å²) in [5.74, 6) is 0.114. The fourth-order valence-corrected chi connectivity index (χ4v) is 2.38. The lowest BCUT2D eigenvalue weighted by Crippen LogP contribution is -2.32. The summed E-state index contributed by atoms with van der Waals surface area (Å²) >= 11 is 0. The first-order chi connectivity index (χ1) is 9.93. The van der Waals surface area contributed by atoms with Crippen LogP contribution >= 0.6 is 0 Å². The van der Waals surface area contributed by atoms with Gasteiger partial charge in [0.05, 0.1) is 4.92 Å². The summed E-state index contributed by atoms with van der Waals surface area (Å²) in [6.07, 6.45) is 2.30. The first kappa shape index (κ1) is 15.0. The van der Waals surface area contributed by atoms with Crippen LogP contribution in [0, 0.1) is 10.1 Å². The van der Waals surface area contributed by atoms with Gasteiger partial charge >= 0.3 is 5.69 Å². The van der Waals surface area contributed by atoms with Crippen LogP contribution in [0.1, 0.15) is 12.0 Å². The fourth-order valence-electron chi connectivity index (χ4n) is 2.38. The molecule has 0 radical (unpaired) electrons. The average molecular weight is 294 g/mol. The zero-order valence-electron chi connectivity index (χ0n) is 11.9. The van der Waals surface area contributed by atoms with E-state index >= 15 is 0 Å². The van der Waals surface area contributed by atoms with Gasteiger partial charge in [0.15, 0.2) is 5.84 Å². The molecule has 21 heavy (non-hydrogen) atoms. The highest BCUT2D eigenvalue weighted by Crippen LogP contribution is 2.29. The predicted molar refractivity (Wildman–Crippen MR) is 77.7 cm³/mol. The Bertz CT molecular complexity index is 574. The molecule has 2 rings (SSSR count). The third kappa shape index (κ3) is 3.02. The van der Waals surface area contributed by atoms with Crippen LogP contribution in [0.2, 0.25) is 0 Å². The largest absolute Gasteiger partial charge is 0.409 e. The first-order valence-electron chi connectivity index (χ1n) is 6.47. The van der Waals surface area contributed by atoms with Gasteiger partial charge in [-0.1, -0.05) is 5.16 Å². The number of anilines is 1. The molecule has 1 fully saturated rings. The number of hydrogen-bond acceptors (Lipinski definition) is 7. The summed E-state index contributed by atoms with van der Waals surface area (Å²) in [5, 5.41) is 22.7. The van der Waals surface area contributed by atoms with Crippen molar-refractivity contribution in [3.63, 3.8) is 0 Å². The smallest absolute Gasteiger partial charge is 0.312 e. The summed E-state index contributed by atoms with van der Waals surface area (Å²) < 4.78 is 0. The number of hydrogen-bond donors (Lipinski definition) is 2. The predicted octanol–water partition coefficient (Wildman–Crippen LogP) is 0.225. The van der Waals surface area contributed by atoms with Crippen molar-refractivity contribution in [1.82, 2.24) is 9.88 Å². The highest BCUT2D eigenvalue weighted by molar-refractivity contribution is 5.97. The molecule has 0 saturated carbocycles. The van der Waals surface area contributed by atoms with Gasteiger partial charge in [0.25, 0.3) is 0 Å². The lowest BCUT2D eigenvalue weighted by molar-refractivity contribution is -0.384. The molecule has 1 aromatic rings. The van der Waals surface area contributed by atoms with Gasteiger partial charge in [-0.25, -0.2) is 4.98 Å². The van der Waals surface area contributed by atoms with Gasteiger partial charge < -0.3 is 20.7 Å². The van der Waals surface area contributed by atoms with Crippen LogP contribution in [0.25, 0.3) is 0 Å². The maximum absolute atomic E-state index is 11.2. The number of likely N-dealkylation sites (N-methyl/N-ethyl adjacent to an activating group) is 1. The van der Waals surface area contributed by atoms with E-state index in [-0.39, 0.29) is 17.1 Å². The van der Waals surface area contributed by atoms with Gasteiger partial charge in [-0.05, 0) is 20.5 Å². The van der Waals surface area contributed by atoms with E-state index in [4.69, 9.17) is 10.9 Å². The molecule has 1 saturated heterocycles. The number of nitrogens with zero attached hydrogens (tertiary/aromatic N) is 5. The Morgan fingerprint density at radius 2 is 2.38 bits per heavy atom. The quantitative estimate of drug-likeness (QED) is 0.268. The zero-order chi connectivity index (χ0) is 15.6. The maximum atomic E-state index is 11.2. The molecule has 0 bridgehead atoms. The maximum Gasteiger partial charge on any atom is 0.312 e. The second kappa shape index (κ2) is 5.92. The van der Waals surface area contributed by atoms with E-state index < -0.39 is 4.92 Å². The van der Waals surface area contributed by atoms with Gasteiger partial charge in [-0.3, -0.25) is 10.1 Å². The van der Waals surface area contributed by atoms with Gasteiger partial charge in [-0.15, -0.1) is 0 Å². The molecule has 1 aliphatic heterocycles. The molecule has 1 atom stereocenters. The zero-order valence-corrected chi connectivity index (χ0v) is 11.9. The molecule has 9 nitrogen and oxygen atoms in total. The highest BCUT2D eigenvalue weighted by atomic mass is 16.6. The van der Waals surface area contributed by atoms with Gasteiger partial charge in [0.2, 0.25) is 5.82 Å². The van der Waals surface area contributed by atoms with Crippen LogP contribution in [0.4, 0.5) is 11.5 Å². The van der Waals surface area contributed by atoms with Crippen molar-refractivity contribution in [3.05, 3.63) is 27.9 Å². The summed E-state index contributed by atoms with van der Waals surface area (Å²) in [6, 6.07) is 1.62. The molecule has 1 unspecified atom stereocenters. The summed E-state index contributed by atoms with van der Waals surface area (Å²) in [5.41, 5.74) is 5.52. The molecule has 0 spiro atoms. The molecule has 3 N–H and O–H groups in total. The normalized spacial score (nSPS) is 19.3. The Morgan fingerprint density at radius 3 is 2.90 bits per heavy atom. The van der Waals surface area contributed by atoms with E-state index in [1.165, 1.54) is 12.3 Å². The Balaban J connectivity index is 2.34. The highest BCUT2D eigenvalue weighted by Gasteiger charge is 2.30. The lowest BCUT2D eigenvalue weighted by Gasteiger charge is -2.21. The number of pyridine rings is 1. The molecule has 0 aromatic carbocycles.